The second kappa shape index (κ2) is 5.97. The van der Waals surface area contributed by atoms with Gasteiger partial charge in [-0.25, -0.2) is 4.79 Å². The minimum absolute atomic E-state index is 0.0618. The van der Waals surface area contributed by atoms with E-state index in [1.807, 2.05) is 22.9 Å². The van der Waals surface area contributed by atoms with Crippen LogP contribution in [0.3, 0.4) is 0 Å². The van der Waals surface area contributed by atoms with Gasteiger partial charge in [-0.2, -0.15) is 0 Å². The smallest absolute Gasteiger partial charge is 0.342 e. The summed E-state index contributed by atoms with van der Waals surface area (Å²) in [6.07, 6.45) is 5.55. The molecule has 1 saturated carbocycles. The average molecular weight is 307 g/mol. The van der Waals surface area contributed by atoms with Crippen LogP contribution >= 0.6 is 22.7 Å². The first kappa shape index (κ1) is 13.6. The van der Waals surface area contributed by atoms with Crippen LogP contribution in [0.15, 0.2) is 22.9 Å². The van der Waals surface area contributed by atoms with E-state index in [1.54, 1.807) is 11.3 Å². The summed E-state index contributed by atoms with van der Waals surface area (Å²) < 4.78 is 5.65. The van der Waals surface area contributed by atoms with Gasteiger partial charge in [-0.15, -0.1) is 22.7 Å². The zero-order valence-corrected chi connectivity index (χ0v) is 12.8. The van der Waals surface area contributed by atoms with Crippen molar-refractivity contribution in [1.29, 1.82) is 0 Å². The number of anilines is 1. The Morgan fingerprint density at radius 1 is 1.25 bits per heavy atom. The van der Waals surface area contributed by atoms with Gasteiger partial charge in [-0.1, -0.05) is 12.5 Å². The molecule has 0 aromatic carbocycles. The third-order valence-electron chi connectivity index (χ3n) is 3.64. The van der Waals surface area contributed by atoms with Crippen LogP contribution in [-0.2, 0) is 4.74 Å². The Balaban J connectivity index is 1.82. The van der Waals surface area contributed by atoms with E-state index in [2.05, 4.69) is 0 Å². The van der Waals surface area contributed by atoms with E-state index in [-0.39, 0.29) is 12.1 Å². The largest absolute Gasteiger partial charge is 0.459 e. The standard InChI is InChI=1S/C15H17NO2S2/c16-14-13(11(9-20-14)12-7-4-8-19-12)15(17)18-10-5-2-1-3-6-10/h4,7-10H,1-3,5-6,16H2. The van der Waals surface area contributed by atoms with Gasteiger partial charge in [0.05, 0.1) is 0 Å². The lowest BCUT2D eigenvalue weighted by molar-refractivity contribution is 0.0214. The molecule has 5 heteroatoms. The quantitative estimate of drug-likeness (QED) is 0.846. The molecule has 0 saturated heterocycles. The number of hydrogen-bond acceptors (Lipinski definition) is 5. The number of nitrogen functional groups attached to an aromatic ring is 1. The topological polar surface area (TPSA) is 52.3 Å². The zero-order valence-electron chi connectivity index (χ0n) is 11.1. The van der Waals surface area contributed by atoms with E-state index in [1.165, 1.54) is 17.8 Å². The van der Waals surface area contributed by atoms with Crippen molar-refractivity contribution in [3.63, 3.8) is 0 Å². The highest BCUT2D eigenvalue weighted by Crippen LogP contribution is 2.37. The van der Waals surface area contributed by atoms with E-state index in [0.29, 0.717) is 10.6 Å². The maximum atomic E-state index is 12.4. The lowest BCUT2D eigenvalue weighted by Crippen LogP contribution is -2.21. The highest BCUT2D eigenvalue weighted by molar-refractivity contribution is 7.16. The van der Waals surface area contributed by atoms with Crippen molar-refractivity contribution in [3.05, 3.63) is 28.5 Å². The summed E-state index contributed by atoms with van der Waals surface area (Å²) in [6, 6.07) is 3.98. The zero-order chi connectivity index (χ0) is 13.9. The molecule has 0 spiro atoms. The second-order valence-electron chi connectivity index (χ2n) is 5.03. The number of nitrogens with two attached hydrogens (primary N) is 1. The number of ether oxygens (including phenoxy) is 1. The molecule has 0 radical (unpaired) electrons. The maximum absolute atomic E-state index is 12.4. The molecule has 0 amide bonds. The Hall–Kier alpha value is -1.33. The third-order valence-corrected chi connectivity index (χ3v) is 5.35. The molecule has 0 atom stereocenters. The molecular formula is C15H17NO2S2. The highest BCUT2D eigenvalue weighted by atomic mass is 32.1. The van der Waals surface area contributed by atoms with Crippen molar-refractivity contribution in [2.45, 2.75) is 38.2 Å². The summed E-state index contributed by atoms with van der Waals surface area (Å²) in [4.78, 5) is 13.5. The minimum atomic E-state index is -0.265. The van der Waals surface area contributed by atoms with Crippen molar-refractivity contribution < 1.29 is 9.53 Å². The molecule has 1 aliphatic carbocycles. The number of rotatable bonds is 3. The SMILES string of the molecule is Nc1scc(-c2cccs2)c1C(=O)OC1CCCCC1. The molecule has 106 valence electrons. The van der Waals surface area contributed by atoms with Crippen LogP contribution in [0, 0.1) is 0 Å². The first-order valence-electron chi connectivity index (χ1n) is 6.87. The Bertz CT molecular complexity index is 583. The minimum Gasteiger partial charge on any atom is -0.459 e. The lowest BCUT2D eigenvalue weighted by atomic mass is 9.98. The van der Waals surface area contributed by atoms with Gasteiger partial charge in [0.25, 0.3) is 0 Å². The molecule has 0 bridgehead atoms. The summed E-state index contributed by atoms with van der Waals surface area (Å²) in [7, 11) is 0. The van der Waals surface area contributed by atoms with Gasteiger partial charge in [-0.05, 0) is 37.1 Å². The predicted octanol–water partition coefficient (Wildman–Crippen LogP) is 4.55. The number of esters is 1. The van der Waals surface area contributed by atoms with Crippen molar-refractivity contribution in [1.82, 2.24) is 0 Å². The molecule has 3 rings (SSSR count). The van der Waals surface area contributed by atoms with Crippen molar-refractivity contribution in [2.24, 2.45) is 0 Å². The fraction of sp³-hybridized carbons (Fsp3) is 0.400. The summed E-state index contributed by atoms with van der Waals surface area (Å²) in [5.41, 5.74) is 7.43. The molecule has 0 aliphatic heterocycles. The average Bonchev–Trinajstić information content (AvgIpc) is 3.08. The predicted molar refractivity (Wildman–Crippen MR) is 84.3 cm³/mol. The second-order valence-corrected chi connectivity index (χ2v) is 6.89. The van der Waals surface area contributed by atoms with Crippen LogP contribution in [0.25, 0.3) is 10.4 Å². The van der Waals surface area contributed by atoms with E-state index in [0.717, 1.165) is 36.1 Å². The summed E-state index contributed by atoms with van der Waals surface area (Å²) in [5, 5.41) is 4.49. The van der Waals surface area contributed by atoms with E-state index < -0.39 is 0 Å². The Morgan fingerprint density at radius 3 is 2.75 bits per heavy atom. The molecule has 2 heterocycles. The van der Waals surface area contributed by atoms with Crippen LogP contribution in [0.1, 0.15) is 42.5 Å². The monoisotopic (exact) mass is 307 g/mol. The molecule has 0 unspecified atom stereocenters. The van der Waals surface area contributed by atoms with Gasteiger partial charge in [0.1, 0.15) is 16.7 Å². The number of hydrogen-bond donors (Lipinski definition) is 1. The molecule has 20 heavy (non-hydrogen) atoms. The van der Waals surface area contributed by atoms with Gasteiger partial charge in [0, 0.05) is 15.8 Å². The van der Waals surface area contributed by atoms with Gasteiger partial charge < -0.3 is 10.5 Å². The Kier molecular flexibility index (Phi) is 4.08. The Morgan fingerprint density at radius 2 is 2.05 bits per heavy atom. The molecule has 2 aromatic heterocycles. The molecule has 2 aromatic rings. The maximum Gasteiger partial charge on any atom is 0.342 e. The van der Waals surface area contributed by atoms with E-state index >= 15 is 0 Å². The molecule has 1 fully saturated rings. The normalized spacial score (nSPS) is 16.2. The molecular weight excluding hydrogens is 290 g/mol. The van der Waals surface area contributed by atoms with Crippen LogP contribution in [0.2, 0.25) is 0 Å². The lowest BCUT2D eigenvalue weighted by Gasteiger charge is -2.22. The van der Waals surface area contributed by atoms with Crippen molar-refractivity contribution >= 4 is 33.6 Å². The fourth-order valence-corrected chi connectivity index (χ4v) is 4.21. The first-order chi connectivity index (χ1) is 9.75. The van der Waals surface area contributed by atoms with Gasteiger partial charge in [0.15, 0.2) is 0 Å². The number of thiophene rings is 2. The third kappa shape index (κ3) is 2.74. The van der Waals surface area contributed by atoms with Crippen LogP contribution in [0.5, 0.6) is 0 Å². The van der Waals surface area contributed by atoms with Crippen molar-refractivity contribution in [2.75, 3.05) is 5.73 Å². The van der Waals surface area contributed by atoms with Gasteiger partial charge in [0.2, 0.25) is 0 Å². The molecule has 3 nitrogen and oxygen atoms in total. The summed E-state index contributed by atoms with van der Waals surface area (Å²) >= 11 is 3.01. The number of carbonyl (C=O) groups is 1. The van der Waals surface area contributed by atoms with Gasteiger partial charge >= 0.3 is 5.97 Å². The van der Waals surface area contributed by atoms with Crippen LogP contribution in [-0.4, -0.2) is 12.1 Å². The van der Waals surface area contributed by atoms with Crippen molar-refractivity contribution in [3.8, 4) is 10.4 Å². The van der Waals surface area contributed by atoms with E-state index in [4.69, 9.17) is 10.5 Å². The van der Waals surface area contributed by atoms with E-state index in [9.17, 15) is 4.79 Å². The number of carbonyl (C=O) groups excluding carboxylic acids is 1. The summed E-state index contributed by atoms with van der Waals surface area (Å²) in [5.74, 6) is -0.265. The van der Waals surface area contributed by atoms with Crippen LogP contribution in [0.4, 0.5) is 5.00 Å². The van der Waals surface area contributed by atoms with Crippen LogP contribution < -0.4 is 5.73 Å². The Labute approximate surface area is 126 Å². The summed E-state index contributed by atoms with van der Waals surface area (Å²) in [6.45, 7) is 0. The molecule has 1 aliphatic rings. The fourth-order valence-electron chi connectivity index (χ4n) is 2.59. The molecule has 2 N–H and O–H groups in total. The van der Waals surface area contributed by atoms with Gasteiger partial charge in [-0.3, -0.25) is 0 Å². The highest BCUT2D eigenvalue weighted by Gasteiger charge is 2.24. The first-order valence-corrected chi connectivity index (χ1v) is 8.63.